The summed E-state index contributed by atoms with van der Waals surface area (Å²) in [6, 6.07) is 20.0. The number of nitrogens with two attached hydrogens (primary N) is 1. The van der Waals surface area contributed by atoms with Crippen LogP contribution in [0, 0.1) is 10.1 Å². The Morgan fingerprint density at radius 1 is 0.750 bits per heavy atom. The van der Waals surface area contributed by atoms with Crippen molar-refractivity contribution in [1.29, 1.82) is 0 Å². The van der Waals surface area contributed by atoms with Crippen molar-refractivity contribution in [2.75, 3.05) is 10.9 Å². The maximum absolute atomic E-state index is 12.6. The standard InChI is InChI=1S/C20H13N3O7S.C16H11Cl2N3O4S.Cr.2Na/c24-16-8-5-11-3-1-2-4-13(11)19(16)21-22-20-14-7-6-12(23(26)27)9-15(14)18(10-17(20)25)31(28,29)30;17-10-3-4-11(18)15-9(10)2-6-14(23)16(15)21-20-12-7-8(26(19,24)25)1-5-13(12)22;;;/h1-10,21,24H,(H,28,29,30);1-7,20,22H,(H2,19,24,25);;;/q;;;2*+1/b22-20-;21-16+;;;. The number of sulfonamides is 1. The Kier molecular flexibility index (Phi) is 17.0. The Labute approximate surface area is 405 Å². The number of primary sulfonamides is 1. The number of non-ortho nitro benzene ring substituents is 1. The Morgan fingerprint density at radius 3 is 2.07 bits per heavy atom. The number of fused-ring (bicyclic) bond motifs is 3. The zero-order chi connectivity index (χ0) is 41.4. The second-order valence-electron chi connectivity index (χ2n) is 11.9. The summed E-state index contributed by atoms with van der Waals surface area (Å²) in [6.45, 7) is 0. The Bertz CT molecular complexity index is 2950. The minimum absolute atomic E-state index is 0. The third-order valence-corrected chi connectivity index (χ3v) is 10.7. The maximum atomic E-state index is 12.6. The minimum atomic E-state index is -4.84. The van der Waals surface area contributed by atoms with Gasteiger partial charge in [0.05, 0.1) is 20.5 Å². The van der Waals surface area contributed by atoms with Crippen molar-refractivity contribution < 1.29 is 123 Å². The summed E-state index contributed by atoms with van der Waals surface area (Å²) < 4.78 is 55.8. The fourth-order valence-corrected chi connectivity index (χ4v) is 7.33. The van der Waals surface area contributed by atoms with E-state index in [1.54, 1.807) is 24.3 Å². The first-order valence-electron chi connectivity index (χ1n) is 15.8. The number of nitro benzene ring substituents is 1. The molecule has 0 aromatic heterocycles. The zero-order valence-corrected chi connectivity index (χ0v) is 39.2. The van der Waals surface area contributed by atoms with Crippen LogP contribution in [0.5, 0.6) is 11.5 Å². The van der Waals surface area contributed by atoms with Crippen LogP contribution in [-0.4, -0.2) is 59.5 Å². The van der Waals surface area contributed by atoms with Crippen molar-refractivity contribution in [2.45, 2.75) is 4.90 Å². The molecule has 0 amide bonds. The number of aromatic hydroxyl groups is 2. The Morgan fingerprint density at radius 2 is 1.40 bits per heavy atom. The van der Waals surface area contributed by atoms with Crippen molar-refractivity contribution >= 4 is 105 Å². The van der Waals surface area contributed by atoms with Crippen molar-refractivity contribution in [1.82, 2.24) is 0 Å². The number of hydrazone groups is 2. The van der Waals surface area contributed by atoms with Gasteiger partial charge in [0.25, 0.3) is 15.8 Å². The number of hydrogen-bond acceptors (Lipinski definition) is 14. The average Bonchev–Trinajstić information content (AvgIpc) is 3.15. The van der Waals surface area contributed by atoms with E-state index in [1.807, 2.05) is 12.1 Å². The summed E-state index contributed by atoms with van der Waals surface area (Å²) in [5.41, 5.74) is 5.16. The quantitative estimate of drug-likeness (QED) is 0.0408. The first-order chi connectivity index (χ1) is 26.8. The van der Waals surface area contributed by atoms with Crippen LogP contribution in [0.15, 0.2) is 112 Å². The van der Waals surface area contributed by atoms with E-state index >= 15 is 0 Å². The van der Waals surface area contributed by atoms with E-state index < -0.39 is 47.2 Å². The van der Waals surface area contributed by atoms with Crippen LogP contribution < -0.4 is 75.1 Å². The van der Waals surface area contributed by atoms with Crippen molar-refractivity contribution in [3.05, 3.63) is 139 Å². The number of rotatable bonds is 7. The third kappa shape index (κ3) is 10.9. The second kappa shape index (κ2) is 20.3. The molecule has 0 heterocycles. The van der Waals surface area contributed by atoms with Gasteiger partial charge in [-0.1, -0.05) is 53.5 Å². The molecule has 0 saturated heterocycles. The molecule has 2 aliphatic rings. The number of phenols is 2. The van der Waals surface area contributed by atoms with Gasteiger partial charge in [-0.3, -0.25) is 35.1 Å². The van der Waals surface area contributed by atoms with E-state index in [0.29, 0.717) is 27.6 Å². The summed E-state index contributed by atoms with van der Waals surface area (Å²) in [7, 11) is -8.81. The molecule has 24 heteroatoms. The SMILES string of the molecule is NS(=O)(=O)c1ccc(O)c(N/N=C2\C(=O)C=Cc3c(Cl)ccc(Cl)c32)c1.O=C1C=C(S(=O)(=O)O)c2cc([N+](=O)[O-])ccc2/C1=N/Nc1c(O)ccc2ccccc12.[Cr].[Na+].[Na+]. The number of nitrogens with zero attached hydrogens (tertiary/aromatic N) is 3. The predicted molar refractivity (Wildman–Crippen MR) is 214 cm³/mol. The normalized spacial score (nSPS) is 14.3. The molecule has 0 saturated carbocycles. The number of hydrogen-bond donors (Lipinski definition) is 6. The molecule has 5 aromatic carbocycles. The van der Waals surface area contributed by atoms with Crippen molar-refractivity contribution in [3.8, 4) is 11.5 Å². The number of carbonyl (C=O) groups is 2. The van der Waals surface area contributed by atoms with Crippen molar-refractivity contribution in [3.63, 3.8) is 0 Å². The van der Waals surface area contributed by atoms with Crippen LogP contribution >= 0.6 is 23.2 Å². The molecule has 0 radical (unpaired) electrons. The first-order valence-corrected chi connectivity index (χ1v) is 19.6. The fraction of sp³-hybridized carbons (Fsp3) is 0. The summed E-state index contributed by atoms with van der Waals surface area (Å²) in [4.78, 5) is 34.2. The molecular weight excluding hydrogens is 925 g/mol. The van der Waals surface area contributed by atoms with Gasteiger partial charge < -0.3 is 10.2 Å². The molecule has 7 rings (SSSR count). The summed E-state index contributed by atoms with van der Waals surface area (Å²) in [5.74, 6) is -1.69. The topological polar surface area (TPSA) is 281 Å². The van der Waals surface area contributed by atoms with Crippen molar-refractivity contribution in [2.24, 2.45) is 15.3 Å². The Balaban J connectivity index is 0.000000309. The van der Waals surface area contributed by atoms with Gasteiger partial charge in [-0.05, 0) is 60.0 Å². The largest absolute Gasteiger partial charge is 1.00 e. The van der Waals surface area contributed by atoms with Gasteiger partial charge >= 0.3 is 59.1 Å². The van der Waals surface area contributed by atoms with E-state index in [1.165, 1.54) is 30.4 Å². The predicted octanol–water partition coefficient (Wildman–Crippen LogP) is -0.155. The molecule has 0 aliphatic heterocycles. The monoisotopic (exact) mass is 948 g/mol. The number of ketones is 2. The van der Waals surface area contributed by atoms with Gasteiger partial charge in [0.1, 0.15) is 33.5 Å². The van der Waals surface area contributed by atoms with Gasteiger partial charge in [-0.25, -0.2) is 13.6 Å². The number of anilines is 2. The van der Waals surface area contributed by atoms with Crippen LogP contribution in [-0.2, 0) is 47.1 Å². The van der Waals surface area contributed by atoms with E-state index in [0.717, 1.165) is 35.7 Å². The number of phenolic OH excluding ortho intramolecular Hbond substituents is 2. The Hall–Kier alpha value is -3.95. The van der Waals surface area contributed by atoms with Gasteiger partial charge in [0, 0.05) is 68.2 Å². The number of allylic oxidation sites excluding steroid dienone is 2. The molecule has 0 spiro atoms. The van der Waals surface area contributed by atoms with E-state index in [2.05, 4.69) is 21.1 Å². The molecule has 0 fully saturated rings. The van der Waals surface area contributed by atoms with Gasteiger partial charge in [0.2, 0.25) is 21.6 Å². The van der Waals surface area contributed by atoms with Crippen LogP contribution in [0.25, 0.3) is 21.8 Å². The zero-order valence-electron chi connectivity index (χ0n) is 30.8. The summed E-state index contributed by atoms with van der Waals surface area (Å²) in [5, 5.41) is 46.4. The van der Waals surface area contributed by atoms with Crippen LogP contribution in [0.1, 0.15) is 22.3 Å². The van der Waals surface area contributed by atoms with Crippen LogP contribution in [0.2, 0.25) is 10.0 Å². The minimum Gasteiger partial charge on any atom is -0.506 e. The molecule has 0 atom stereocenters. The summed E-state index contributed by atoms with van der Waals surface area (Å²) >= 11 is 12.3. The first kappa shape index (κ1) is 50.4. The van der Waals surface area contributed by atoms with E-state index in [9.17, 15) is 51.3 Å². The molecule has 60 heavy (non-hydrogen) atoms. The molecular formula is C36H24Cl2CrN6Na2O11S2+2. The van der Waals surface area contributed by atoms with E-state index in [4.69, 9.17) is 28.3 Å². The molecule has 296 valence electrons. The van der Waals surface area contributed by atoms with Gasteiger partial charge in [-0.15, -0.1) is 0 Å². The van der Waals surface area contributed by atoms with Crippen LogP contribution in [0.3, 0.4) is 0 Å². The molecule has 5 aromatic rings. The fourth-order valence-electron chi connectivity index (χ4n) is 5.61. The van der Waals surface area contributed by atoms with Gasteiger partial charge in [-0.2, -0.15) is 18.6 Å². The molecule has 7 N–H and O–H groups in total. The summed E-state index contributed by atoms with van der Waals surface area (Å²) in [6.07, 6.45) is 3.46. The number of carbonyl (C=O) groups excluding carboxylic acids is 2. The molecule has 17 nitrogen and oxygen atoms in total. The number of nitro groups is 1. The van der Waals surface area contributed by atoms with Gasteiger partial charge in [0.15, 0.2) is 0 Å². The van der Waals surface area contributed by atoms with E-state index in [-0.39, 0.29) is 132 Å². The average molecular weight is 950 g/mol. The smallest absolute Gasteiger partial charge is 0.506 e. The number of halogens is 2. The van der Waals surface area contributed by atoms with Crippen LogP contribution in [0.4, 0.5) is 17.1 Å². The maximum Gasteiger partial charge on any atom is 1.00 e. The molecule has 0 bridgehead atoms. The third-order valence-electron chi connectivity index (χ3n) is 8.29. The number of nitrogens with one attached hydrogen (secondary N) is 2. The molecule has 2 aliphatic carbocycles. The number of benzene rings is 5. The second-order valence-corrected chi connectivity index (χ2v) is 15.7. The molecule has 0 unspecified atom stereocenters.